The summed E-state index contributed by atoms with van der Waals surface area (Å²) in [6.45, 7) is 5.70. The maximum atomic E-state index is 12.3. The van der Waals surface area contributed by atoms with E-state index in [-0.39, 0.29) is 12.1 Å². The summed E-state index contributed by atoms with van der Waals surface area (Å²) in [5.41, 5.74) is 3.32. The highest BCUT2D eigenvalue weighted by Gasteiger charge is 2.17. The van der Waals surface area contributed by atoms with Crippen LogP contribution in [0.4, 0.5) is 10.5 Å². The summed E-state index contributed by atoms with van der Waals surface area (Å²) in [6.07, 6.45) is 3.23. The molecule has 2 atom stereocenters. The molecule has 0 saturated carbocycles. The van der Waals surface area contributed by atoms with Crippen molar-refractivity contribution in [2.24, 2.45) is 0 Å². The van der Waals surface area contributed by atoms with Crippen molar-refractivity contribution in [3.05, 3.63) is 35.7 Å². The summed E-state index contributed by atoms with van der Waals surface area (Å²) >= 11 is 0. The third-order valence-electron chi connectivity index (χ3n) is 3.80. The second kappa shape index (κ2) is 7.61. The number of carbonyl (C=O) groups is 1. The lowest BCUT2D eigenvalue weighted by atomic mass is 10.1. The summed E-state index contributed by atoms with van der Waals surface area (Å²) < 4.78 is 16.8. The minimum atomic E-state index is -0.951. The predicted molar refractivity (Wildman–Crippen MR) is 96.6 cm³/mol. The van der Waals surface area contributed by atoms with Gasteiger partial charge in [0.05, 0.1) is 5.69 Å². The Labute approximate surface area is 144 Å². The third-order valence-corrected chi connectivity index (χ3v) is 4.75. The second-order valence-corrected chi connectivity index (χ2v) is 7.43. The number of nitrogens with one attached hydrogen (secondary N) is 1. The van der Waals surface area contributed by atoms with Gasteiger partial charge in [-0.2, -0.15) is 0 Å². The zero-order valence-corrected chi connectivity index (χ0v) is 15.4. The smallest absolute Gasteiger partial charge is 0.321 e. The molecule has 1 N–H and O–H groups in total. The molecule has 130 valence electrons. The average molecular weight is 349 g/mol. The van der Waals surface area contributed by atoms with E-state index in [4.69, 9.17) is 4.42 Å². The predicted octanol–water partition coefficient (Wildman–Crippen LogP) is 3.19. The molecule has 7 heteroatoms. The van der Waals surface area contributed by atoms with Crippen LogP contribution in [-0.2, 0) is 10.8 Å². The van der Waals surface area contributed by atoms with Gasteiger partial charge >= 0.3 is 6.03 Å². The summed E-state index contributed by atoms with van der Waals surface area (Å²) in [5, 5.41) is 2.86. The van der Waals surface area contributed by atoms with E-state index in [1.807, 2.05) is 39.0 Å². The maximum Gasteiger partial charge on any atom is 0.321 e. The Hall–Kier alpha value is -2.15. The van der Waals surface area contributed by atoms with E-state index in [0.717, 1.165) is 16.8 Å². The number of hydrogen-bond donors (Lipinski definition) is 1. The van der Waals surface area contributed by atoms with Crippen molar-refractivity contribution in [2.45, 2.75) is 26.8 Å². The summed E-state index contributed by atoms with van der Waals surface area (Å²) in [4.78, 5) is 18.2. The first-order chi connectivity index (χ1) is 11.3. The number of hydrogen-bond acceptors (Lipinski definition) is 4. The molecule has 0 radical (unpaired) electrons. The van der Waals surface area contributed by atoms with Crippen molar-refractivity contribution < 1.29 is 13.4 Å². The molecule has 0 spiro atoms. The third kappa shape index (κ3) is 4.44. The summed E-state index contributed by atoms with van der Waals surface area (Å²) in [5.74, 6) is 0.975. The van der Waals surface area contributed by atoms with Crippen LogP contribution in [0.1, 0.15) is 18.2 Å². The molecule has 0 saturated heterocycles. The van der Waals surface area contributed by atoms with Gasteiger partial charge in [0, 0.05) is 47.1 Å². The van der Waals surface area contributed by atoms with Crippen LogP contribution in [0, 0.1) is 13.8 Å². The highest BCUT2D eigenvalue weighted by atomic mass is 32.2. The first-order valence-corrected chi connectivity index (χ1v) is 9.37. The van der Waals surface area contributed by atoms with Crippen LogP contribution in [-0.4, -0.2) is 45.2 Å². The summed E-state index contributed by atoms with van der Waals surface area (Å²) in [6, 6.07) is 5.23. The van der Waals surface area contributed by atoms with E-state index in [1.54, 1.807) is 24.5 Å². The first-order valence-electron chi connectivity index (χ1n) is 7.65. The van der Waals surface area contributed by atoms with Gasteiger partial charge < -0.3 is 14.6 Å². The molecule has 2 rings (SSSR count). The minimum absolute atomic E-state index is 0.116. The number of rotatable bonds is 5. The Morgan fingerprint density at radius 1 is 1.42 bits per heavy atom. The number of amides is 2. The fraction of sp³-hybridized carbons (Fsp3) is 0.412. The van der Waals surface area contributed by atoms with Gasteiger partial charge in [0.2, 0.25) is 5.89 Å². The molecule has 24 heavy (non-hydrogen) atoms. The Kier molecular flexibility index (Phi) is 5.77. The van der Waals surface area contributed by atoms with Crippen LogP contribution in [0.2, 0.25) is 0 Å². The molecule has 2 aromatic rings. The number of nitrogens with zero attached hydrogens (tertiary/aromatic N) is 2. The van der Waals surface area contributed by atoms with Gasteiger partial charge in [-0.1, -0.05) is 6.07 Å². The fourth-order valence-electron chi connectivity index (χ4n) is 2.27. The zero-order valence-electron chi connectivity index (χ0n) is 14.6. The largest absolute Gasteiger partial charge is 0.444 e. The van der Waals surface area contributed by atoms with E-state index >= 15 is 0 Å². The summed E-state index contributed by atoms with van der Waals surface area (Å²) in [7, 11) is 0.743. The number of anilines is 1. The lowest BCUT2D eigenvalue weighted by Crippen LogP contribution is -2.40. The molecule has 0 unspecified atom stereocenters. The first kappa shape index (κ1) is 18.2. The topological polar surface area (TPSA) is 75.4 Å². The van der Waals surface area contributed by atoms with Crippen LogP contribution < -0.4 is 5.32 Å². The van der Waals surface area contributed by atoms with E-state index in [0.29, 0.717) is 17.3 Å². The van der Waals surface area contributed by atoms with Crippen molar-refractivity contribution in [1.29, 1.82) is 0 Å². The molecule has 2 amide bonds. The van der Waals surface area contributed by atoms with E-state index in [2.05, 4.69) is 10.3 Å². The Bertz CT molecular complexity index is 757. The van der Waals surface area contributed by atoms with Gasteiger partial charge in [0.15, 0.2) is 0 Å². The van der Waals surface area contributed by atoms with Crippen LogP contribution in [0.15, 0.2) is 28.9 Å². The highest BCUT2D eigenvalue weighted by Crippen LogP contribution is 2.26. The molecule has 6 nitrogen and oxygen atoms in total. The van der Waals surface area contributed by atoms with Crippen LogP contribution in [0.5, 0.6) is 0 Å². The molecule has 1 heterocycles. The van der Waals surface area contributed by atoms with Crippen molar-refractivity contribution in [2.75, 3.05) is 24.4 Å². The minimum Gasteiger partial charge on any atom is -0.444 e. The molecule has 0 fully saturated rings. The average Bonchev–Trinajstić information content (AvgIpc) is 2.94. The molecule has 1 aromatic carbocycles. The SMILES string of the molecule is Cc1coc(-c2cc(NC(=O)N(C)[C@@H](C)C[S@@](C)=O)ccc2C)n1. The van der Waals surface area contributed by atoms with Crippen molar-refractivity contribution in [1.82, 2.24) is 9.88 Å². The number of urea groups is 1. The maximum absolute atomic E-state index is 12.3. The van der Waals surface area contributed by atoms with E-state index in [9.17, 15) is 9.00 Å². The molecule has 0 bridgehead atoms. The normalized spacial score (nSPS) is 13.4. The fourth-order valence-corrected chi connectivity index (χ4v) is 3.17. The van der Waals surface area contributed by atoms with Gasteiger partial charge in [0.1, 0.15) is 6.26 Å². The van der Waals surface area contributed by atoms with Crippen LogP contribution in [0.25, 0.3) is 11.5 Å². The van der Waals surface area contributed by atoms with E-state index < -0.39 is 10.8 Å². The highest BCUT2D eigenvalue weighted by molar-refractivity contribution is 7.84. The zero-order chi connectivity index (χ0) is 17.9. The number of aromatic nitrogens is 1. The quantitative estimate of drug-likeness (QED) is 0.899. The Morgan fingerprint density at radius 2 is 2.12 bits per heavy atom. The second-order valence-electron chi connectivity index (χ2n) is 5.95. The molecular weight excluding hydrogens is 326 g/mol. The molecule has 0 aliphatic carbocycles. The van der Waals surface area contributed by atoms with Crippen LogP contribution >= 0.6 is 0 Å². The molecule has 0 aliphatic heterocycles. The van der Waals surface area contributed by atoms with Crippen molar-refractivity contribution in [3.63, 3.8) is 0 Å². The Morgan fingerprint density at radius 3 is 2.71 bits per heavy atom. The molecule has 1 aromatic heterocycles. The van der Waals surface area contributed by atoms with Gasteiger partial charge in [-0.15, -0.1) is 0 Å². The number of carbonyl (C=O) groups excluding carboxylic acids is 1. The number of benzene rings is 1. The van der Waals surface area contributed by atoms with Gasteiger partial charge in [-0.25, -0.2) is 9.78 Å². The standard InChI is InChI=1S/C17H23N3O3S/c1-11-6-7-14(8-15(11)16-18-12(2)9-23-16)19-17(21)20(4)13(3)10-24(5)22/h6-9,13H,10H2,1-5H3,(H,19,21)/t13-,24+/m0/s1. The van der Waals surface area contributed by atoms with E-state index in [1.165, 1.54) is 0 Å². The number of aryl methyl sites for hydroxylation is 2. The van der Waals surface area contributed by atoms with Crippen molar-refractivity contribution in [3.8, 4) is 11.5 Å². The van der Waals surface area contributed by atoms with Gasteiger partial charge in [0.25, 0.3) is 0 Å². The molecule has 0 aliphatic rings. The lowest BCUT2D eigenvalue weighted by molar-refractivity contribution is 0.212. The number of oxazole rings is 1. The monoisotopic (exact) mass is 349 g/mol. The Balaban J connectivity index is 2.15. The molecular formula is C17H23N3O3S. The van der Waals surface area contributed by atoms with Crippen molar-refractivity contribution >= 4 is 22.5 Å². The van der Waals surface area contributed by atoms with Gasteiger partial charge in [-0.05, 0) is 38.5 Å². The van der Waals surface area contributed by atoms with Crippen LogP contribution in [0.3, 0.4) is 0 Å². The lowest BCUT2D eigenvalue weighted by Gasteiger charge is -2.24. The van der Waals surface area contributed by atoms with Gasteiger partial charge in [-0.3, -0.25) is 4.21 Å².